The zero-order valence-corrected chi connectivity index (χ0v) is 13.7. The van der Waals surface area contributed by atoms with Crippen LogP contribution in [0.5, 0.6) is 11.5 Å². The van der Waals surface area contributed by atoms with Crippen molar-refractivity contribution in [1.29, 1.82) is 0 Å². The van der Waals surface area contributed by atoms with Crippen LogP contribution in [-0.2, 0) is 11.3 Å². The Kier molecular flexibility index (Phi) is 6.48. The Bertz CT molecular complexity index is 623. The van der Waals surface area contributed by atoms with E-state index in [0.29, 0.717) is 26.0 Å². The minimum atomic E-state index is 0.0415. The number of hydrogen-bond donors (Lipinski definition) is 1. The summed E-state index contributed by atoms with van der Waals surface area (Å²) >= 11 is 0. The Hall–Kier alpha value is -2.49. The fraction of sp³-hybridized carbons (Fsp3) is 0.316. The highest BCUT2D eigenvalue weighted by atomic mass is 16.5. The second-order valence-electron chi connectivity index (χ2n) is 5.39. The normalized spacial score (nSPS) is 10.2. The third kappa shape index (κ3) is 6.02. The van der Waals surface area contributed by atoms with Crippen LogP contribution in [0.4, 0.5) is 0 Å². The molecule has 4 nitrogen and oxygen atoms in total. The largest absolute Gasteiger partial charge is 0.497 e. The van der Waals surface area contributed by atoms with Crippen LogP contribution in [0.25, 0.3) is 0 Å². The van der Waals surface area contributed by atoms with Crippen molar-refractivity contribution in [2.45, 2.75) is 26.3 Å². The molecule has 0 fully saturated rings. The third-order valence-corrected chi connectivity index (χ3v) is 3.47. The molecule has 0 aromatic heterocycles. The average Bonchev–Trinajstić information content (AvgIpc) is 2.58. The van der Waals surface area contributed by atoms with Crippen LogP contribution < -0.4 is 14.8 Å². The van der Waals surface area contributed by atoms with Crippen LogP contribution in [0.2, 0.25) is 0 Å². The first-order valence-corrected chi connectivity index (χ1v) is 7.76. The van der Waals surface area contributed by atoms with Crippen molar-refractivity contribution in [3.8, 4) is 11.5 Å². The minimum Gasteiger partial charge on any atom is -0.497 e. The van der Waals surface area contributed by atoms with Gasteiger partial charge in [-0.1, -0.05) is 35.9 Å². The highest BCUT2D eigenvalue weighted by molar-refractivity contribution is 5.75. The SMILES string of the molecule is COc1cccc(OCCCC(=O)NCc2ccc(C)cc2)c1. The maximum absolute atomic E-state index is 11.8. The van der Waals surface area contributed by atoms with Gasteiger partial charge < -0.3 is 14.8 Å². The summed E-state index contributed by atoms with van der Waals surface area (Å²) in [5, 5.41) is 2.92. The average molecular weight is 313 g/mol. The molecule has 122 valence electrons. The summed E-state index contributed by atoms with van der Waals surface area (Å²) in [6, 6.07) is 15.6. The van der Waals surface area contributed by atoms with Gasteiger partial charge >= 0.3 is 0 Å². The van der Waals surface area contributed by atoms with Crippen molar-refractivity contribution in [1.82, 2.24) is 5.32 Å². The molecule has 1 N–H and O–H groups in total. The van der Waals surface area contributed by atoms with E-state index >= 15 is 0 Å². The highest BCUT2D eigenvalue weighted by Gasteiger charge is 2.02. The minimum absolute atomic E-state index is 0.0415. The molecular formula is C19H23NO3. The maximum atomic E-state index is 11.8. The van der Waals surface area contributed by atoms with E-state index < -0.39 is 0 Å². The molecule has 0 spiro atoms. The van der Waals surface area contributed by atoms with Gasteiger partial charge in [0.05, 0.1) is 13.7 Å². The number of carbonyl (C=O) groups is 1. The Morgan fingerprint density at radius 1 is 1.09 bits per heavy atom. The summed E-state index contributed by atoms with van der Waals surface area (Å²) in [7, 11) is 1.62. The standard InChI is InChI=1S/C19H23NO3/c1-15-8-10-16(11-9-15)14-20-19(21)7-4-12-23-18-6-3-5-17(13-18)22-2/h3,5-6,8-11,13H,4,7,12,14H2,1-2H3,(H,20,21). The summed E-state index contributed by atoms with van der Waals surface area (Å²) in [5.41, 5.74) is 2.33. The molecule has 0 unspecified atom stereocenters. The van der Waals surface area contributed by atoms with Gasteiger partial charge in [-0.05, 0) is 31.0 Å². The van der Waals surface area contributed by atoms with Gasteiger partial charge in [-0.15, -0.1) is 0 Å². The fourth-order valence-corrected chi connectivity index (χ4v) is 2.11. The number of benzene rings is 2. The number of hydrogen-bond acceptors (Lipinski definition) is 3. The van der Waals surface area contributed by atoms with Gasteiger partial charge in [-0.2, -0.15) is 0 Å². The van der Waals surface area contributed by atoms with Gasteiger partial charge in [0, 0.05) is 19.0 Å². The summed E-state index contributed by atoms with van der Waals surface area (Å²) in [6.07, 6.45) is 1.13. The van der Waals surface area contributed by atoms with E-state index in [1.54, 1.807) is 7.11 Å². The predicted molar refractivity (Wildman–Crippen MR) is 90.7 cm³/mol. The van der Waals surface area contributed by atoms with Crippen molar-refractivity contribution in [3.63, 3.8) is 0 Å². The molecule has 2 rings (SSSR count). The molecular weight excluding hydrogens is 290 g/mol. The lowest BCUT2D eigenvalue weighted by molar-refractivity contribution is -0.121. The molecule has 0 atom stereocenters. The lowest BCUT2D eigenvalue weighted by Crippen LogP contribution is -2.22. The topological polar surface area (TPSA) is 47.6 Å². The number of ether oxygens (including phenoxy) is 2. The molecule has 1 amide bonds. The van der Waals surface area contributed by atoms with Crippen LogP contribution in [0, 0.1) is 6.92 Å². The van der Waals surface area contributed by atoms with Gasteiger partial charge in [0.25, 0.3) is 0 Å². The van der Waals surface area contributed by atoms with E-state index in [2.05, 4.69) is 5.32 Å². The van der Waals surface area contributed by atoms with Crippen LogP contribution in [0.1, 0.15) is 24.0 Å². The van der Waals surface area contributed by atoms with Crippen LogP contribution in [0.15, 0.2) is 48.5 Å². The van der Waals surface area contributed by atoms with Crippen molar-refractivity contribution >= 4 is 5.91 Å². The van der Waals surface area contributed by atoms with Gasteiger partial charge in [-0.3, -0.25) is 4.79 Å². The molecule has 2 aromatic rings. The fourth-order valence-electron chi connectivity index (χ4n) is 2.11. The summed E-state index contributed by atoms with van der Waals surface area (Å²) in [4.78, 5) is 11.8. The Labute approximate surface area is 137 Å². The molecule has 2 aromatic carbocycles. The molecule has 0 saturated heterocycles. The van der Waals surface area contributed by atoms with Gasteiger partial charge in [0.15, 0.2) is 0 Å². The van der Waals surface area contributed by atoms with Gasteiger partial charge in [-0.25, -0.2) is 0 Å². The van der Waals surface area contributed by atoms with Crippen LogP contribution in [-0.4, -0.2) is 19.6 Å². The summed E-state index contributed by atoms with van der Waals surface area (Å²) in [6.45, 7) is 3.12. The number of aryl methyl sites for hydroxylation is 1. The number of amides is 1. The Balaban J connectivity index is 1.63. The van der Waals surface area contributed by atoms with Crippen LogP contribution in [0.3, 0.4) is 0 Å². The number of rotatable bonds is 8. The summed E-state index contributed by atoms with van der Waals surface area (Å²) in [5.74, 6) is 1.56. The molecule has 0 radical (unpaired) electrons. The zero-order valence-electron chi connectivity index (χ0n) is 13.7. The molecule has 0 bridgehead atoms. The number of nitrogens with one attached hydrogen (secondary N) is 1. The van der Waals surface area contributed by atoms with Gasteiger partial charge in [0.1, 0.15) is 11.5 Å². The third-order valence-electron chi connectivity index (χ3n) is 3.47. The molecule has 0 aliphatic rings. The number of methoxy groups -OCH3 is 1. The van der Waals surface area contributed by atoms with E-state index in [4.69, 9.17) is 9.47 Å². The van der Waals surface area contributed by atoms with Gasteiger partial charge in [0.2, 0.25) is 5.91 Å². The molecule has 0 heterocycles. The first-order chi connectivity index (χ1) is 11.2. The van der Waals surface area contributed by atoms with Crippen molar-refractivity contribution in [3.05, 3.63) is 59.7 Å². The zero-order chi connectivity index (χ0) is 16.5. The van der Waals surface area contributed by atoms with E-state index in [9.17, 15) is 4.79 Å². The molecule has 0 aliphatic heterocycles. The van der Waals surface area contributed by atoms with E-state index in [1.807, 2.05) is 55.5 Å². The molecule has 4 heteroatoms. The second-order valence-corrected chi connectivity index (χ2v) is 5.39. The highest BCUT2D eigenvalue weighted by Crippen LogP contribution is 2.18. The van der Waals surface area contributed by atoms with Crippen molar-refractivity contribution in [2.24, 2.45) is 0 Å². The monoisotopic (exact) mass is 313 g/mol. The van der Waals surface area contributed by atoms with Crippen LogP contribution >= 0.6 is 0 Å². The smallest absolute Gasteiger partial charge is 0.220 e. The summed E-state index contributed by atoms with van der Waals surface area (Å²) < 4.78 is 10.8. The molecule has 0 saturated carbocycles. The number of carbonyl (C=O) groups excluding carboxylic acids is 1. The van der Waals surface area contributed by atoms with Crippen molar-refractivity contribution in [2.75, 3.05) is 13.7 Å². The van der Waals surface area contributed by atoms with E-state index in [0.717, 1.165) is 17.1 Å². The Morgan fingerprint density at radius 3 is 2.57 bits per heavy atom. The maximum Gasteiger partial charge on any atom is 0.220 e. The van der Waals surface area contributed by atoms with E-state index in [1.165, 1.54) is 5.56 Å². The molecule has 23 heavy (non-hydrogen) atoms. The first kappa shape index (κ1) is 16.9. The second kappa shape index (κ2) is 8.83. The van der Waals surface area contributed by atoms with E-state index in [-0.39, 0.29) is 5.91 Å². The quantitative estimate of drug-likeness (QED) is 0.759. The molecule has 0 aliphatic carbocycles. The Morgan fingerprint density at radius 2 is 1.83 bits per heavy atom. The predicted octanol–water partition coefficient (Wildman–Crippen LogP) is 3.48. The first-order valence-electron chi connectivity index (χ1n) is 7.76. The lowest BCUT2D eigenvalue weighted by atomic mass is 10.1. The van der Waals surface area contributed by atoms with Crippen molar-refractivity contribution < 1.29 is 14.3 Å². The lowest BCUT2D eigenvalue weighted by Gasteiger charge is -2.08.